The average Bonchev–Trinajstić information content (AvgIpc) is 3.21. The Morgan fingerprint density at radius 3 is 2.54 bits per heavy atom. The molecule has 0 aliphatic carbocycles. The van der Waals surface area contributed by atoms with E-state index in [1.54, 1.807) is 0 Å². The lowest BCUT2D eigenvalue weighted by molar-refractivity contribution is -0.139. The topological polar surface area (TPSA) is 103 Å². The van der Waals surface area contributed by atoms with Crippen LogP contribution in [0.15, 0.2) is 48.5 Å². The molecule has 1 unspecified atom stereocenters. The van der Waals surface area contributed by atoms with Crippen molar-refractivity contribution in [2.24, 2.45) is 5.92 Å². The summed E-state index contributed by atoms with van der Waals surface area (Å²) in [5, 5.41) is 16.7. The first-order valence-electron chi connectivity index (χ1n) is 12.5. The van der Waals surface area contributed by atoms with Gasteiger partial charge in [0.2, 0.25) is 0 Å². The summed E-state index contributed by atoms with van der Waals surface area (Å²) in [5.74, 6) is 0.134. The smallest absolute Gasteiger partial charge is 0.326 e. The van der Waals surface area contributed by atoms with Crippen LogP contribution in [0.4, 0.5) is 0 Å². The number of carbonyl (C=O) groups excluding carboxylic acids is 1. The number of aryl methyl sites for hydroxylation is 1. The molecule has 35 heavy (non-hydrogen) atoms. The molecule has 7 heteroatoms. The number of benzene rings is 2. The fourth-order valence-electron chi connectivity index (χ4n) is 4.79. The number of carbonyl (C=O) groups is 2. The van der Waals surface area contributed by atoms with Crippen molar-refractivity contribution in [3.63, 3.8) is 0 Å². The number of piperidine rings is 1. The number of amides is 1. The number of unbranched alkanes of at least 4 members (excludes halogenated alkanes) is 1. The molecule has 1 fully saturated rings. The van der Waals surface area contributed by atoms with Gasteiger partial charge < -0.3 is 25.5 Å². The number of aromatic nitrogens is 1. The Bertz CT molecular complexity index is 1130. The van der Waals surface area contributed by atoms with E-state index in [4.69, 9.17) is 4.74 Å². The van der Waals surface area contributed by atoms with Crippen LogP contribution in [0.5, 0.6) is 5.75 Å². The first-order valence-corrected chi connectivity index (χ1v) is 12.5. The van der Waals surface area contributed by atoms with Crippen LogP contribution in [-0.2, 0) is 11.2 Å². The number of ether oxygens (including phenoxy) is 1. The predicted octanol–water partition coefficient (Wildman–Crippen LogP) is 4.45. The summed E-state index contributed by atoms with van der Waals surface area (Å²) in [6.45, 7) is 4.82. The monoisotopic (exact) mass is 477 g/mol. The van der Waals surface area contributed by atoms with Crippen molar-refractivity contribution in [3.05, 3.63) is 65.4 Å². The minimum absolute atomic E-state index is 0.191. The molecule has 1 aliphatic heterocycles. The van der Waals surface area contributed by atoms with E-state index in [0.717, 1.165) is 53.2 Å². The highest BCUT2D eigenvalue weighted by Crippen LogP contribution is 2.22. The highest BCUT2D eigenvalue weighted by molar-refractivity contribution is 6.02. The van der Waals surface area contributed by atoms with Gasteiger partial charge in [-0.3, -0.25) is 4.79 Å². The summed E-state index contributed by atoms with van der Waals surface area (Å²) in [4.78, 5) is 27.8. The maximum atomic E-state index is 12.8. The molecule has 3 aromatic rings. The molecule has 2 heterocycles. The summed E-state index contributed by atoms with van der Waals surface area (Å²) in [6, 6.07) is 14.1. The van der Waals surface area contributed by atoms with Crippen molar-refractivity contribution in [1.29, 1.82) is 0 Å². The number of carboxylic acid groups (broad SMARTS) is 1. The second kappa shape index (κ2) is 11.9. The molecular weight excluding hydrogens is 442 g/mol. The highest BCUT2D eigenvalue weighted by atomic mass is 16.5. The normalized spacial score (nSPS) is 15.1. The lowest BCUT2D eigenvalue weighted by Gasteiger charge is -2.22. The summed E-state index contributed by atoms with van der Waals surface area (Å²) in [6.07, 6.45) is 6.23. The first kappa shape index (κ1) is 24.8. The van der Waals surface area contributed by atoms with E-state index < -0.39 is 17.9 Å². The van der Waals surface area contributed by atoms with Crippen molar-refractivity contribution in [2.75, 3.05) is 19.7 Å². The average molecular weight is 478 g/mol. The Hall–Kier alpha value is -3.32. The Morgan fingerprint density at radius 2 is 1.83 bits per heavy atom. The maximum Gasteiger partial charge on any atom is 0.326 e. The van der Waals surface area contributed by atoms with E-state index in [2.05, 4.69) is 15.6 Å². The Kier molecular flexibility index (Phi) is 8.42. The third-order valence-corrected chi connectivity index (χ3v) is 6.89. The molecule has 1 saturated heterocycles. The van der Waals surface area contributed by atoms with Crippen LogP contribution < -0.4 is 15.4 Å². The minimum Gasteiger partial charge on any atom is -0.494 e. The van der Waals surface area contributed by atoms with Gasteiger partial charge in [0.05, 0.1) is 6.61 Å². The van der Waals surface area contributed by atoms with Gasteiger partial charge in [-0.15, -0.1) is 0 Å². The summed E-state index contributed by atoms with van der Waals surface area (Å²) >= 11 is 0. The van der Waals surface area contributed by atoms with Crippen LogP contribution in [0.3, 0.4) is 0 Å². The third kappa shape index (κ3) is 6.63. The number of fused-ring (bicyclic) bond motifs is 1. The molecule has 4 N–H and O–H groups in total. The number of hydrogen-bond donors (Lipinski definition) is 4. The number of hydrogen-bond acceptors (Lipinski definition) is 4. The minimum atomic E-state index is -1.07. The molecule has 4 rings (SSSR count). The Balaban J connectivity index is 1.26. The van der Waals surface area contributed by atoms with Crippen molar-refractivity contribution in [3.8, 4) is 5.75 Å². The van der Waals surface area contributed by atoms with Gasteiger partial charge in [-0.25, -0.2) is 4.79 Å². The molecule has 1 aliphatic rings. The molecule has 7 nitrogen and oxygen atoms in total. The summed E-state index contributed by atoms with van der Waals surface area (Å²) in [7, 11) is 0. The van der Waals surface area contributed by atoms with Crippen LogP contribution in [0.25, 0.3) is 10.9 Å². The van der Waals surface area contributed by atoms with E-state index >= 15 is 0 Å². The largest absolute Gasteiger partial charge is 0.494 e. The Morgan fingerprint density at radius 1 is 1.09 bits per heavy atom. The van der Waals surface area contributed by atoms with Gasteiger partial charge >= 0.3 is 5.97 Å². The number of H-pyrrole nitrogens is 1. The molecular formula is C28H35N3O4. The molecule has 2 aromatic carbocycles. The van der Waals surface area contributed by atoms with Crippen LogP contribution in [0.1, 0.15) is 53.7 Å². The molecule has 1 atom stereocenters. The number of para-hydroxylation sites is 1. The van der Waals surface area contributed by atoms with E-state index in [9.17, 15) is 14.7 Å². The van der Waals surface area contributed by atoms with Crippen molar-refractivity contribution in [1.82, 2.24) is 15.6 Å². The molecule has 0 radical (unpaired) electrons. The van der Waals surface area contributed by atoms with E-state index in [-0.39, 0.29) is 6.42 Å². The van der Waals surface area contributed by atoms with Gasteiger partial charge in [0.1, 0.15) is 17.5 Å². The molecule has 1 amide bonds. The van der Waals surface area contributed by atoms with Gasteiger partial charge in [0.25, 0.3) is 5.91 Å². The van der Waals surface area contributed by atoms with E-state index in [1.165, 1.54) is 25.7 Å². The quantitative estimate of drug-likeness (QED) is 0.306. The van der Waals surface area contributed by atoms with Gasteiger partial charge in [-0.1, -0.05) is 36.8 Å². The number of aromatic amines is 1. The standard InChI is InChI=1S/C28H35N3O4/c1-19-23-7-2-3-8-24(23)30-26(19)27(32)31-25(28(33)34)18-21-9-11-22(12-10-21)35-17-5-4-6-20-13-15-29-16-14-20/h2-3,7-12,20,25,29-30H,4-6,13-18H2,1H3,(H,31,32)(H,33,34). The molecule has 186 valence electrons. The fourth-order valence-corrected chi connectivity index (χ4v) is 4.79. The van der Waals surface area contributed by atoms with Crippen LogP contribution in [-0.4, -0.2) is 47.7 Å². The van der Waals surface area contributed by atoms with Gasteiger partial charge in [-0.05, 0) is 80.9 Å². The van der Waals surface area contributed by atoms with Crippen molar-refractivity contribution in [2.45, 2.75) is 51.5 Å². The predicted molar refractivity (Wildman–Crippen MR) is 137 cm³/mol. The SMILES string of the molecule is Cc1c(C(=O)NC(Cc2ccc(OCCCCC3CCNCC3)cc2)C(=O)O)[nH]c2ccccc12. The molecule has 1 aromatic heterocycles. The highest BCUT2D eigenvalue weighted by Gasteiger charge is 2.23. The van der Waals surface area contributed by atoms with Crippen LogP contribution in [0, 0.1) is 12.8 Å². The molecule has 0 saturated carbocycles. The van der Waals surface area contributed by atoms with Gasteiger partial charge in [0, 0.05) is 17.3 Å². The van der Waals surface area contributed by atoms with Crippen molar-refractivity contribution < 1.29 is 19.4 Å². The van der Waals surface area contributed by atoms with E-state index in [1.807, 2.05) is 55.5 Å². The first-order chi connectivity index (χ1) is 17.0. The number of rotatable bonds is 11. The lowest BCUT2D eigenvalue weighted by Crippen LogP contribution is -2.42. The number of aliphatic carboxylic acids is 1. The summed E-state index contributed by atoms with van der Waals surface area (Å²) in [5.41, 5.74) is 2.87. The van der Waals surface area contributed by atoms with Gasteiger partial charge in [-0.2, -0.15) is 0 Å². The zero-order chi connectivity index (χ0) is 24.6. The second-order valence-electron chi connectivity index (χ2n) is 9.42. The second-order valence-corrected chi connectivity index (χ2v) is 9.42. The molecule has 0 spiro atoms. The van der Waals surface area contributed by atoms with E-state index in [0.29, 0.717) is 12.3 Å². The van der Waals surface area contributed by atoms with Crippen LogP contribution in [0.2, 0.25) is 0 Å². The zero-order valence-electron chi connectivity index (χ0n) is 20.3. The van der Waals surface area contributed by atoms with Crippen LogP contribution >= 0.6 is 0 Å². The summed E-state index contributed by atoms with van der Waals surface area (Å²) < 4.78 is 5.86. The molecule has 0 bridgehead atoms. The lowest BCUT2D eigenvalue weighted by atomic mass is 9.93. The number of carboxylic acids is 1. The van der Waals surface area contributed by atoms with Crippen molar-refractivity contribution >= 4 is 22.8 Å². The fraction of sp³-hybridized carbons (Fsp3) is 0.429. The Labute approximate surface area is 206 Å². The zero-order valence-corrected chi connectivity index (χ0v) is 20.3. The third-order valence-electron chi connectivity index (χ3n) is 6.89. The van der Waals surface area contributed by atoms with Gasteiger partial charge in [0.15, 0.2) is 0 Å². The maximum absolute atomic E-state index is 12.8. The number of nitrogens with one attached hydrogen (secondary N) is 3.